The molecule has 0 heterocycles. The summed E-state index contributed by atoms with van der Waals surface area (Å²) < 4.78 is 23.8. The number of ether oxygens (including phenoxy) is 2. The van der Waals surface area contributed by atoms with Gasteiger partial charge in [-0.2, -0.15) is 0 Å². The minimum Gasteiger partial charge on any atom is -0.505 e. The van der Waals surface area contributed by atoms with E-state index in [4.69, 9.17) is 9.47 Å². The summed E-state index contributed by atoms with van der Waals surface area (Å²) in [6.45, 7) is 5.77. The van der Waals surface area contributed by atoms with Gasteiger partial charge in [0.05, 0.1) is 0 Å². The second kappa shape index (κ2) is 8.02. The SMILES string of the molecule is CCOC(CNCc1cccc(F)c1O)OCC. The van der Waals surface area contributed by atoms with Crippen molar-refractivity contribution < 1.29 is 19.0 Å². The summed E-state index contributed by atoms with van der Waals surface area (Å²) >= 11 is 0. The monoisotopic (exact) mass is 257 g/mol. The summed E-state index contributed by atoms with van der Waals surface area (Å²) in [5.41, 5.74) is 0.516. The van der Waals surface area contributed by atoms with Crippen LogP contribution in [0.5, 0.6) is 5.75 Å². The van der Waals surface area contributed by atoms with Crippen molar-refractivity contribution in [3.63, 3.8) is 0 Å². The summed E-state index contributed by atoms with van der Waals surface area (Å²) in [4.78, 5) is 0. The fourth-order valence-corrected chi connectivity index (χ4v) is 1.57. The summed E-state index contributed by atoms with van der Waals surface area (Å²) in [5.74, 6) is -0.921. The van der Waals surface area contributed by atoms with Crippen molar-refractivity contribution in [1.82, 2.24) is 5.32 Å². The van der Waals surface area contributed by atoms with Crippen LogP contribution >= 0.6 is 0 Å². The number of rotatable bonds is 8. The fourth-order valence-electron chi connectivity index (χ4n) is 1.57. The Morgan fingerprint density at radius 1 is 1.28 bits per heavy atom. The number of phenols is 1. The molecule has 0 aliphatic heterocycles. The van der Waals surface area contributed by atoms with Gasteiger partial charge in [-0.3, -0.25) is 0 Å². The number of halogens is 1. The van der Waals surface area contributed by atoms with Crippen molar-refractivity contribution in [2.75, 3.05) is 19.8 Å². The van der Waals surface area contributed by atoms with Crippen LogP contribution in [0.4, 0.5) is 4.39 Å². The van der Waals surface area contributed by atoms with Gasteiger partial charge in [-0.25, -0.2) is 4.39 Å². The summed E-state index contributed by atoms with van der Waals surface area (Å²) in [5, 5.41) is 12.6. The Kier molecular flexibility index (Phi) is 6.64. The Hall–Kier alpha value is -1.17. The van der Waals surface area contributed by atoms with Crippen LogP contribution < -0.4 is 5.32 Å². The normalized spacial score (nSPS) is 11.1. The molecule has 18 heavy (non-hydrogen) atoms. The quantitative estimate of drug-likeness (QED) is 0.700. The molecule has 0 radical (unpaired) electrons. The molecule has 5 heteroatoms. The highest BCUT2D eigenvalue weighted by atomic mass is 19.1. The molecule has 0 spiro atoms. The lowest BCUT2D eigenvalue weighted by Crippen LogP contribution is -2.31. The molecule has 0 amide bonds. The summed E-state index contributed by atoms with van der Waals surface area (Å²) in [6.07, 6.45) is -0.323. The Labute approximate surface area is 107 Å². The average molecular weight is 257 g/mol. The van der Waals surface area contributed by atoms with Gasteiger partial charge >= 0.3 is 0 Å². The number of hydrogen-bond donors (Lipinski definition) is 2. The first-order valence-corrected chi connectivity index (χ1v) is 6.09. The molecule has 2 N–H and O–H groups in total. The smallest absolute Gasteiger partial charge is 0.169 e. The lowest BCUT2D eigenvalue weighted by molar-refractivity contribution is -0.133. The Balaban J connectivity index is 2.42. The van der Waals surface area contributed by atoms with Crippen molar-refractivity contribution in [1.29, 1.82) is 0 Å². The third-order valence-electron chi connectivity index (χ3n) is 2.40. The molecule has 0 saturated heterocycles. The molecule has 1 aromatic carbocycles. The zero-order valence-corrected chi connectivity index (χ0v) is 10.8. The molecule has 4 nitrogen and oxygen atoms in total. The Morgan fingerprint density at radius 3 is 2.56 bits per heavy atom. The highest BCUT2D eigenvalue weighted by Gasteiger charge is 2.09. The van der Waals surface area contributed by atoms with Crippen LogP contribution in [0.25, 0.3) is 0 Å². The van der Waals surface area contributed by atoms with Crippen LogP contribution in [0.2, 0.25) is 0 Å². The van der Waals surface area contributed by atoms with E-state index in [1.54, 1.807) is 12.1 Å². The molecule has 1 rings (SSSR count). The van der Waals surface area contributed by atoms with E-state index >= 15 is 0 Å². The van der Waals surface area contributed by atoms with Gasteiger partial charge in [-0.05, 0) is 19.9 Å². The molecule has 0 bridgehead atoms. The van der Waals surface area contributed by atoms with Gasteiger partial charge < -0.3 is 19.9 Å². The molecule has 0 atom stereocenters. The van der Waals surface area contributed by atoms with E-state index in [0.29, 0.717) is 31.9 Å². The number of hydrogen-bond acceptors (Lipinski definition) is 4. The Bertz CT molecular complexity index is 354. The average Bonchev–Trinajstić information content (AvgIpc) is 2.35. The third kappa shape index (κ3) is 4.60. The maximum absolute atomic E-state index is 13.1. The zero-order chi connectivity index (χ0) is 13.4. The van der Waals surface area contributed by atoms with Crippen molar-refractivity contribution >= 4 is 0 Å². The van der Waals surface area contributed by atoms with Crippen molar-refractivity contribution in [3.8, 4) is 5.75 Å². The maximum Gasteiger partial charge on any atom is 0.169 e. The van der Waals surface area contributed by atoms with Gasteiger partial charge in [0.15, 0.2) is 17.9 Å². The van der Waals surface area contributed by atoms with Gasteiger partial charge in [0, 0.05) is 31.9 Å². The number of nitrogens with one attached hydrogen (secondary N) is 1. The first-order valence-electron chi connectivity index (χ1n) is 6.09. The lowest BCUT2D eigenvalue weighted by Gasteiger charge is -2.17. The highest BCUT2D eigenvalue weighted by Crippen LogP contribution is 2.20. The van der Waals surface area contributed by atoms with Crippen molar-refractivity contribution in [2.24, 2.45) is 0 Å². The van der Waals surface area contributed by atoms with Gasteiger partial charge in [0.1, 0.15) is 0 Å². The van der Waals surface area contributed by atoms with E-state index in [2.05, 4.69) is 5.32 Å². The molecule has 0 fully saturated rings. The number of para-hydroxylation sites is 1. The predicted octanol–water partition coefficient (Wildman–Crippen LogP) is 2.02. The fraction of sp³-hybridized carbons (Fsp3) is 0.538. The van der Waals surface area contributed by atoms with E-state index in [-0.39, 0.29) is 12.0 Å². The summed E-state index contributed by atoms with van der Waals surface area (Å²) in [6, 6.07) is 4.46. The van der Waals surface area contributed by atoms with E-state index in [1.165, 1.54) is 6.07 Å². The second-order valence-electron chi connectivity index (χ2n) is 3.72. The highest BCUT2D eigenvalue weighted by molar-refractivity contribution is 5.33. The van der Waals surface area contributed by atoms with Crippen molar-refractivity contribution in [2.45, 2.75) is 26.7 Å². The zero-order valence-electron chi connectivity index (χ0n) is 10.8. The first-order chi connectivity index (χ1) is 8.69. The van der Waals surface area contributed by atoms with Gasteiger partial charge in [0.2, 0.25) is 0 Å². The van der Waals surface area contributed by atoms with E-state index < -0.39 is 5.82 Å². The number of aromatic hydroxyl groups is 1. The molecule has 0 saturated carbocycles. The molecule has 0 aliphatic carbocycles. The molecule has 102 valence electrons. The maximum atomic E-state index is 13.1. The van der Waals surface area contributed by atoms with Crippen LogP contribution in [-0.2, 0) is 16.0 Å². The predicted molar refractivity (Wildman–Crippen MR) is 66.8 cm³/mol. The minimum atomic E-state index is -0.611. The van der Waals surface area contributed by atoms with Gasteiger partial charge in [-0.15, -0.1) is 0 Å². The minimum absolute atomic E-state index is 0.311. The Morgan fingerprint density at radius 2 is 1.94 bits per heavy atom. The largest absolute Gasteiger partial charge is 0.505 e. The van der Waals surface area contributed by atoms with E-state index in [9.17, 15) is 9.50 Å². The first kappa shape index (κ1) is 14.9. The van der Waals surface area contributed by atoms with E-state index in [1.807, 2.05) is 13.8 Å². The van der Waals surface area contributed by atoms with Crippen LogP contribution in [0.3, 0.4) is 0 Å². The molecule has 1 aromatic rings. The molecular formula is C13H20FNO3. The van der Waals surface area contributed by atoms with Crippen LogP contribution in [0, 0.1) is 5.82 Å². The molecule has 0 unspecified atom stereocenters. The standard InChI is InChI=1S/C13H20FNO3/c1-3-17-12(18-4-2)9-15-8-10-6-5-7-11(14)13(10)16/h5-7,12,15-16H,3-4,8-9H2,1-2H3. The van der Waals surface area contributed by atoms with Gasteiger partial charge in [0.25, 0.3) is 0 Å². The molecular weight excluding hydrogens is 237 g/mol. The third-order valence-corrected chi connectivity index (χ3v) is 2.40. The van der Waals surface area contributed by atoms with Crippen LogP contribution in [0.1, 0.15) is 19.4 Å². The summed E-state index contributed by atoms with van der Waals surface area (Å²) in [7, 11) is 0. The molecule has 0 aliphatic rings. The van der Waals surface area contributed by atoms with Gasteiger partial charge in [-0.1, -0.05) is 12.1 Å². The number of phenolic OH excluding ortho intramolecular Hbond substituents is 1. The lowest BCUT2D eigenvalue weighted by atomic mass is 10.2. The van der Waals surface area contributed by atoms with E-state index in [0.717, 1.165) is 0 Å². The van der Waals surface area contributed by atoms with Crippen molar-refractivity contribution in [3.05, 3.63) is 29.6 Å². The second-order valence-corrected chi connectivity index (χ2v) is 3.72. The van der Waals surface area contributed by atoms with Crippen LogP contribution in [-0.4, -0.2) is 31.2 Å². The van der Waals surface area contributed by atoms with Crippen LogP contribution in [0.15, 0.2) is 18.2 Å². The number of benzene rings is 1. The topological polar surface area (TPSA) is 50.7 Å². The molecule has 0 aromatic heterocycles.